The Morgan fingerprint density at radius 3 is 2.57 bits per heavy atom. The molecule has 9 nitrogen and oxygen atoms in total. The molecule has 0 saturated heterocycles. The summed E-state index contributed by atoms with van der Waals surface area (Å²) in [5.74, 6) is -0.413. The number of hydrogen-bond donors (Lipinski definition) is 2. The standard InChI is InChI=1S/C18H16N4O5S/c1-27-12-4-2-11(3-5-12)22-17(20-21-18(22)16(19)24)13-8-10-6-7-28(25,26)15(10)9-14(13)23/h2-5,8-9,23H,6-7H2,1H3,(H2,19,24). The number of aromatic nitrogens is 3. The molecule has 28 heavy (non-hydrogen) atoms. The number of carbonyl (C=O) groups excluding carboxylic acids is 1. The first-order valence-corrected chi connectivity index (χ1v) is 9.95. The Balaban J connectivity index is 1.93. The van der Waals surface area contributed by atoms with Gasteiger partial charge in [-0.1, -0.05) is 0 Å². The van der Waals surface area contributed by atoms with Gasteiger partial charge in [-0.25, -0.2) is 8.42 Å². The maximum Gasteiger partial charge on any atom is 0.287 e. The molecular formula is C18H16N4O5S. The highest BCUT2D eigenvalue weighted by molar-refractivity contribution is 7.91. The number of primary amides is 1. The van der Waals surface area contributed by atoms with Crippen LogP contribution in [-0.2, 0) is 16.3 Å². The molecule has 1 aliphatic heterocycles. The van der Waals surface area contributed by atoms with Crippen LogP contribution in [0.3, 0.4) is 0 Å². The van der Waals surface area contributed by atoms with Crippen molar-refractivity contribution in [2.75, 3.05) is 12.9 Å². The number of nitrogens with two attached hydrogens (primary N) is 1. The van der Waals surface area contributed by atoms with Crippen LogP contribution < -0.4 is 10.5 Å². The van der Waals surface area contributed by atoms with Crippen LogP contribution >= 0.6 is 0 Å². The highest BCUT2D eigenvalue weighted by Gasteiger charge is 2.30. The Morgan fingerprint density at radius 1 is 1.21 bits per heavy atom. The van der Waals surface area contributed by atoms with Gasteiger partial charge in [0.25, 0.3) is 5.91 Å². The fourth-order valence-corrected chi connectivity index (χ4v) is 4.79. The zero-order valence-electron chi connectivity index (χ0n) is 14.8. The third-order valence-electron chi connectivity index (χ3n) is 4.61. The number of carbonyl (C=O) groups is 1. The van der Waals surface area contributed by atoms with E-state index in [1.807, 2.05) is 0 Å². The predicted octanol–water partition coefficient (Wildman–Crippen LogP) is 1.08. The average Bonchev–Trinajstić information content (AvgIpc) is 3.23. The molecule has 2 aromatic carbocycles. The number of phenols is 1. The number of aryl methyl sites for hydroxylation is 1. The maximum absolute atomic E-state index is 12.1. The van der Waals surface area contributed by atoms with Crippen LogP contribution in [0.1, 0.15) is 16.2 Å². The van der Waals surface area contributed by atoms with Gasteiger partial charge in [0.05, 0.1) is 23.3 Å². The summed E-state index contributed by atoms with van der Waals surface area (Å²) >= 11 is 0. The summed E-state index contributed by atoms with van der Waals surface area (Å²) in [4.78, 5) is 12.0. The molecule has 1 aliphatic rings. The highest BCUT2D eigenvalue weighted by atomic mass is 32.2. The number of hydrogen-bond acceptors (Lipinski definition) is 7. The van der Waals surface area contributed by atoms with Crippen LogP contribution in [0.25, 0.3) is 17.1 Å². The smallest absolute Gasteiger partial charge is 0.287 e. The fourth-order valence-electron chi connectivity index (χ4n) is 3.23. The first kappa shape index (κ1) is 18.0. The van der Waals surface area contributed by atoms with Gasteiger partial charge in [-0.2, -0.15) is 0 Å². The molecule has 10 heteroatoms. The van der Waals surface area contributed by atoms with Crippen LogP contribution in [0.5, 0.6) is 11.5 Å². The number of methoxy groups -OCH3 is 1. The van der Waals surface area contributed by atoms with Crippen molar-refractivity contribution < 1.29 is 23.1 Å². The molecular weight excluding hydrogens is 384 g/mol. The highest BCUT2D eigenvalue weighted by Crippen LogP contribution is 2.37. The van der Waals surface area contributed by atoms with Crippen LogP contribution in [-0.4, -0.2) is 47.1 Å². The number of rotatable bonds is 4. The van der Waals surface area contributed by atoms with Gasteiger partial charge >= 0.3 is 0 Å². The van der Waals surface area contributed by atoms with E-state index in [4.69, 9.17) is 10.5 Å². The van der Waals surface area contributed by atoms with E-state index in [1.54, 1.807) is 30.3 Å². The zero-order chi connectivity index (χ0) is 20.1. The second kappa shape index (κ2) is 6.34. The minimum Gasteiger partial charge on any atom is -0.507 e. The molecule has 0 fully saturated rings. The number of fused-ring (bicyclic) bond motifs is 1. The van der Waals surface area contributed by atoms with E-state index in [0.717, 1.165) is 0 Å². The Bertz CT molecular complexity index is 1200. The van der Waals surface area contributed by atoms with Gasteiger partial charge in [-0.05, 0) is 48.4 Å². The van der Waals surface area contributed by atoms with E-state index >= 15 is 0 Å². The van der Waals surface area contributed by atoms with Crippen molar-refractivity contribution in [2.24, 2.45) is 5.73 Å². The number of aromatic hydroxyl groups is 1. The average molecular weight is 400 g/mol. The fraction of sp³-hybridized carbons (Fsp3) is 0.167. The van der Waals surface area contributed by atoms with Gasteiger partial charge in [0.2, 0.25) is 5.82 Å². The van der Waals surface area contributed by atoms with Crippen LogP contribution in [0.4, 0.5) is 0 Å². The van der Waals surface area contributed by atoms with Gasteiger partial charge < -0.3 is 15.6 Å². The lowest BCUT2D eigenvalue weighted by Gasteiger charge is -2.12. The molecule has 144 valence electrons. The van der Waals surface area contributed by atoms with Crippen molar-refractivity contribution in [3.63, 3.8) is 0 Å². The number of nitrogens with zero attached hydrogens (tertiary/aromatic N) is 3. The summed E-state index contributed by atoms with van der Waals surface area (Å²) in [5, 5.41) is 18.4. The third-order valence-corrected chi connectivity index (χ3v) is 6.40. The van der Waals surface area contributed by atoms with Crippen molar-refractivity contribution in [3.05, 3.63) is 47.8 Å². The molecule has 3 N–H and O–H groups in total. The summed E-state index contributed by atoms with van der Waals surface area (Å²) in [6, 6.07) is 9.53. The summed E-state index contributed by atoms with van der Waals surface area (Å²) in [6.45, 7) is 0. The quantitative estimate of drug-likeness (QED) is 0.668. The van der Waals surface area contributed by atoms with E-state index in [2.05, 4.69) is 10.2 Å². The van der Waals surface area contributed by atoms with E-state index in [1.165, 1.54) is 17.7 Å². The first-order chi connectivity index (χ1) is 13.3. The van der Waals surface area contributed by atoms with Crippen LogP contribution in [0, 0.1) is 0 Å². The minimum atomic E-state index is -3.40. The number of benzene rings is 2. The lowest BCUT2D eigenvalue weighted by Crippen LogP contribution is -2.17. The summed E-state index contributed by atoms with van der Waals surface area (Å²) in [6.07, 6.45) is 0.338. The van der Waals surface area contributed by atoms with Crippen molar-refractivity contribution >= 4 is 15.7 Å². The molecule has 0 aliphatic carbocycles. The third kappa shape index (κ3) is 2.78. The minimum absolute atomic E-state index is 0.0110. The zero-order valence-corrected chi connectivity index (χ0v) is 15.6. The SMILES string of the molecule is COc1ccc(-n2c(C(N)=O)nnc2-c2cc3c(cc2O)S(=O)(=O)CC3)cc1. The van der Waals surface area contributed by atoms with Crippen LogP contribution in [0.15, 0.2) is 41.3 Å². The number of ether oxygens (including phenoxy) is 1. The number of phenolic OH excluding ortho intramolecular Hbond substituents is 1. The topological polar surface area (TPSA) is 137 Å². The predicted molar refractivity (Wildman–Crippen MR) is 99.3 cm³/mol. The lowest BCUT2D eigenvalue weighted by molar-refractivity contribution is 0.0988. The van der Waals surface area contributed by atoms with Gasteiger partial charge in [0.1, 0.15) is 11.5 Å². The number of sulfone groups is 1. The van der Waals surface area contributed by atoms with E-state index in [-0.39, 0.29) is 33.6 Å². The molecule has 0 spiro atoms. The molecule has 0 atom stereocenters. The normalized spacial score (nSPS) is 14.6. The summed E-state index contributed by atoms with van der Waals surface area (Å²) < 4.78 is 30.7. The van der Waals surface area contributed by atoms with Crippen molar-refractivity contribution in [1.29, 1.82) is 0 Å². The van der Waals surface area contributed by atoms with Crippen molar-refractivity contribution in [1.82, 2.24) is 14.8 Å². The van der Waals surface area contributed by atoms with E-state index in [0.29, 0.717) is 23.4 Å². The molecule has 3 aromatic rings. The van der Waals surface area contributed by atoms with Gasteiger partial charge in [0, 0.05) is 5.69 Å². The van der Waals surface area contributed by atoms with Gasteiger partial charge in [-0.15, -0.1) is 10.2 Å². The van der Waals surface area contributed by atoms with Crippen molar-refractivity contribution in [2.45, 2.75) is 11.3 Å². The van der Waals surface area contributed by atoms with Gasteiger partial charge in [0.15, 0.2) is 15.7 Å². The molecule has 4 rings (SSSR count). The maximum atomic E-state index is 12.1. The Hall–Kier alpha value is -3.40. The number of amides is 1. The molecule has 2 heterocycles. The van der Waals surface area contributed by atoms with Gasteiger partial charge in [-0.3, -0.25) is 9.36 Å². The largest absolute Gasteiger partial charge is 0.507 e. The molecule has 0 unspecified atom stereocenters. The van der Waals surface area contributed by atoms with E-state index < -0.39 is 15.7 Å². The lowest BCUT2D eigenvalue weighted by atomic mass is 10.1. The Kier molecular flexibility index (Phi) is 4.07. The monoisotopic (exact) mass is 400 g/mol. The van der Waals surface area contributed by atoms with Crippen LogP contribution in [0.2, 0.25) is 0 Å². The van der Waals surface area contributed by atoms with E-state index in [9.17, 15) is 18.3 Å². The summed E-state index contributed by atoms with van der Waals surface area (Å²) in [5.41, 5.74) is 6.80. The molecule has 1 amide bonds. The van der Waals surface area contributed by atoms with Crippen molar-refractivity contribution in [3.8, 4) is 28.6 Å². The second-order valence-corrected chi connectivity index (χ2v) is 8.37. The summed E-state index contributed by atoms with van der Waals surface area (Å²) in [7, 11) is -1.86. The Morgan fingerprint density at radius 2 is 1.93 bits per heavy atom. The molecule has 0 bridgehead atoms. The first-order valence-electron chi connectivity index (χ1n) is 8.30. The molecule has 0 saturated carbocycles. The Labute approximate surface area is 160 Å². The molecule has 1 aromatic heterocycles. The molecule has 0 radical (unpaired) electrons. The second-order valence-electron chi connectivity index (χ2n) is 6.29.